The van der Waals surface area contributed by atoms with E-state index in [0.29, 0.717) is 12.6 Å². The fourth-order valence-electron chi connectivity index (χ4n) is 1.65. The van der Waals surface area contributed by atoms with Crippen LogP contribution in [-0.2, 0) is 13.1 Å². The lowest BCUT2D eigenvalue weighted by Crippen LogP contribution is -2.29. The smallest absolute Gasteiger partial charge is 0.208 e. The molecule has 0 aliphatic heterocycles. The van der Waals surface area contributed by atoms with Crippen molar-refractivity contribution in [2.45, 2.75) is 39.9 Å². The molecule has 1 unspecified atom stereocenters. The van der Waals surface area contributed by atoms with Crippen LogP contribution in [0.25, 0.3) is 0 Å². The average molecular weight is 234 g/mol. The molecule has 2 rings (SSSR count). The van der Waals surface area contributed by atoms with E-state index >= 15 is 0 Å². The summed E-state index contributed by atoms with van der Waals surface area (Å²) in [5.74, 6) is 1.64. The molecule has 92 valence electrons. The van der Waals surface area contributed by atoms with Crippen LogP contribution in [0.4, 0.5) is 0 Å². The van der Waals surface area contributed by atoms with Gasteiger partial charge in [0.1, 0.15) is 5.76 Å². The van der Waals surface area contributed by atoms with Crippen molar-refractivity contribution in [1.82, 2.24) is 19.9 Å². The van der Waals surface area contributed by atoms with Crippen LogP contribution in [0.3, 0.4) is 0 Å². The topological polar surface area (TPSA) is 55.9 Å². The number of oxazole rings is 1. The molecule has 0 aliphatic carbocycles. The highest BCUT2D eigenvalue weighted by Crippen LogP contribution is 2.08. The molecule has 0 aromatic carbocycles. The van der Waals surface area contributed by atoms with Crippen molar-refractivity contribution >= 4 is 0 Å². The molecule has 0 saturated heterocycles. The largest absolute Gasteiger partial charge is 0.444 e. The maximum Gasteiger partial charge on any atom is 0.208 e. The zero-order valence-electron chi connectivity index (χ0n) is 10.5. The van der Waals surface area contributed by atoms with Gasteiger partial charge in [0, 0.05) is 25.0 Å². The van der Waals surface area contributed by atoms with Crippen molar-refractivity contribution in [2.24, 2.45) is 0 Å². The van der Waals surface area contributed by atoms with Gasteiger partial charge in [-0.2, -0.15) is 0 Å². The Labute approximate surface area is 101 Å². The fraction of sp³-hybridized carbons (Fsp3) is 0.500. The lowest BCUT2D eigenvalue weighted by atomic mass is 10.3. The van der Waals surface area contributed by atoms with E-state index in [9.17, 15) is 0 Å². The van der Waals surface area contributed by atoms with Crippen molar-refractivity contribution < 1.29 is 4.42 Å². The van der Waals surface area contributed by atoms with Crippen LogP contribution in [0.5, 0.6) is 0 Å². The molecular weight excluding hydrogens is 216 g/mol. The zero-order valence-corrected chi connectivity index (χ0v) is 10.5. The van der Waals surface area contributed by atoms with Gasteiger partial charge in [-0.05, 0) is 20.8 Å². The van der Waals surface area contributed by atoms with E-state index in [4.69, 9.17) is 4.42 Å². The van der Waals surface area contributed by atoms with E-state index in [-0.39, 0.29) is 0 Å². The molecule has 0 radical (unpaired) electrons. The molecule has 0 bridgehead atoms. The van der Waals surface area contributed by atoms with Gasteiger partial charge in [-0.3, -0.25) is 0 Å². The van der Waals surface area contributed by atoms with Crippen LogP contribution in [0.15, 0.2) is 23.1 Å². The first kappa shape index (κ1) is 11.9. The first-order valence-corrected chi connectivity index (χ1v) is 5.77. The third-order valence-corrected chi connectivity index (χ3v) is 2.72. The second-order valence-corrected chi connectivity index (χ2v) is 4.29. The monoisotopic (exact) mass is 234 g/mol. The number of aromatic nitrogens is 3. The quantitative estimate of drug-likeness (QED) is 0.855. The maximum absolute atomic E-state index is 5.51. The first-order chi connectivity index (χ1) is 8.15. The van der Waals surface area contributed by atoms with Crippen LogP contribution < -0.4 is 5.32 Å². The van der Waals surface area contributed by atoms with Crippen molar-refractivity contribution in [3.8, 4) is 0 Å². The SMILES string of the molecule is Cc1nc(CNC(C)Cn2ccnc2)oc1C. The Morgan fingerprint density at radius 2 is 2.29 bits per heavy atom. The molecule has 17 heavy (non-hydrogen) atoms. The summed E-state index contributed by atoms with van der Waals surface area (Å²) < 4.78 is 7.55. The van der Waals surface area contributed by atoms with E-state index in [1.807, 2.05) is 30.9 Å². The normalized spacial score (nSPS) is 12.9. The molecule has 0 saturated carbocycles. The van der Waals surface area contributed by atoms with E-state index < -0.39 is 0 Å². The number of hydrogen-bond donors (Lipinski definition) is 1. The van der Waals surface area contributed by atoms with Gasteiger partial charge in [0.2, 0.25) is 5.89 Å². The zero-order chi connectivity index (χ0) is 12.3. The Kier molecular flexibility index (Phi) is 3.58. The average Bonchev–Trinajstić information content (AvgIpc) is 2.87. The van der Waals surface area contributed by atoms with Crippen molar-refractivity contribution in [1.29, 1.82) is 0 Å². The maximum atomic E-state index is 5.51. The minimum absolute atomic E-state index is 0.344. The summed E-state index contributed by atoms with van der Waals surface area (Å²) in [6.45, 7) is 7.56. The van der Waals surface area contributed by atoms with Gasteiger partial charge in [-0.15, -0.1) is 0 Å². The minimum atomic E-state index is 0.344. The molecule has 0 amide bonds. The van der Waals surface area contributed by atoms with Gasteiger partial charge in [0.05, 0.1) is 18.6 Å². The van der Waals surface area contributed by atoms with Gasteiger partial charge < -0.3 is 14.3 Å². The molecule has 0 fully saturated rings. The standard InChI is InChI=1S/C12H18N4O/c1-9(7-16-5-4-13-8-16)14-6-12-15-10(2)11(3)17-12/h4-5,8-9,14H,6-7H2,1-3H3. The second-order valence-electron chi connectivity index (χ2n) is 4.29. The highest BCUT2D eigenvalue weighted by molar-refractivity contribution is 5.05. The van der Waals surface area contributed by atoms with Gasteiger partial charge >= 0.3 is 0 Å². The summed E-state index contributed by atoms with van der Waals surface area (Å²) >= 11 is 0. The molecule has 1 N–H and O–H groups in total. The number of nitrogens with zero attached hydrogens (tertiary/aromatic N) is 3. The van der Waals surface area contributed by atoms with E-state index in [1.165, 1.54) is 0 Å². The van der Waals surface area contributed by atoms with Crippen LogP contribution in [0, 0.1) is 13.8 Å². The lowest BCUT2D eigenvalue weighted by molar-refractivity contribution is 0.409. The number of rotatable bonds is 5. The van der Waals surface area contributed by atoms with Gasteiger partial charge in [-0.1, -0.05) is 0 Å². The molecule has 0 spiro atoms. The molecule has 5 heteroatoms. The Balaban J connectivity index is 1.81. The number of imidazole rings is 1. The third-order valence-electron chi connectivity index (χ3n) is 2.72. The minimum Gasteiger partial charge on any atom is -0.444 e. The molecule has 1 atom stereocenters. The lowest BCUT2D eigenvalue weighted by Gasteiger charge is -2.12. The van der Waals surface area contributed by atoms with Crippen LogP contribution >= 0.6 is 0 Å². The predicted octanol–water partition coefficient (Wildman–Crippen LogP) is 1.67. The van der Waals surface area contributed by atoms with Crippen molar-refractivity contribution in [3.63, 3.8) is 0 Å². The van der Waals surface area contributed by atoms with E-state index in [1.54, 1.807) is 6.20 Å². The van der Waals surface area contributed by atoms with E-state index in [2.05, 4.69) is 22.2 Å². The number of aryl methyl sites for hydroxylation is 2. The number of nitrogens with one attached hydrogen (secondary N) is 1. The third kappa shape index (κ3) is 3.17. The molecule has 5 nitrogen and oxygen atoms in total. The van der Waals surface area contributed by atoms with Gasteiger partial charge in [0.25, 0.3) is 0 Å². The summed E-state index contributed by atoms with van der Waals surface area (Å²) in [6.07, 6.45) is 5.56. The van der Waals surface area contributed by atoms with Gasteiger partial charge in [0.15, 0.2) is 0 Å². The summed E-state index contributed by atoms with van der Waals surface area (Å²) in [4.78, 5) is 8.34. The second kappa shape index (κ2) is 5.14. The molecule has 2 aromatic rings. The van der Waals surface area contributed by atoms with Crippen LogP contribution in [0.1, 0.15) is 24.3 Å². The highest BCUT2D eigenvalue weighted by Gasteiger charge is 2.07. The Bertz CT molecular complexity index is 441. The Morgan fingerprint density at radius 1 is 1.47 bits per heavy atom. The van der Waals surface area contributed by atoms with Crippen LogP contribution in [-0.4, -0.2) is 20.6 Å². The summed E-state index contributed by atoms with van der Waals surface area (Å²) in [5, 5.41) is 3.37. The van der Waals surface area contributed by atoms with Crippen LogP contribution in [0.2, 0.25) is 0 Å². The highest BCUT2D eigenvalue weighted by atomic mass is 16.4. The molecule has 2 heterocycles. The van der Waals surface area contributed by atoms with Crippen molar-refractivity contribution in [3.05, 3.63) is 36.1 Å². The molecule has 2 aromatic heterocycles. The summed E-state index contributed by atoms with van der Waals surface area (Å²) in [6, 6.07) is 0.344. The Hall–Kier alpha value is -1.62. The number of hydrogen-bond acceptors (Lipinski definition) is 4. The Morgan fingerprint density at radius 3 is 2.88 bits per heavy atom. The summed E-state index contributed by atoms with van der Waals surface area (Å²) in [7, 11) is 0. The molecule has 0 aliphatic rings. The first-order valence-electron chi connectivity index (χ1n) is 5.77. The predicted molar refractivity (Wildman–Crippen MR) is 64.5 cm³/mol. The van der Waals surface area contributed by atoms with Crippen molar-refractivity contribution in [2.75, 3.05) is 0 Å². The fourth-order valence-corrected chi connectivity index (χ4v) is 1.65. The van der Waals surface area contributed by atoms with Gasteiger partial charge in [-0.25, -0.2) is 9.97 Å². The van der Waals surface area contributed by atoms with E-state index in [0.717, 1.165) is 23.9 Å². The summed E-state index contributed by atoms with van der Waals surface area (Å²) in [5.41, 5.74) is 0.962. The molecular formula is C12H18N4O.